The van der Waals surface area contributed by atoms with E-state index in [0.717, 1.165) is 68.9 Å². The van der Waals surface area contributed by atoms with E-state index in [2.05, 4.69) is 62.4 Å². The number of Topliss-reactive ketones (excluding diaryl/α,β-unsaturated/α-hetero) is 1. The number of halogens is 1. The summed E-state index contributed by atoms with van der Waals surface area (Å²) in [4.78, 5) is 28.7. The average Bonchev–Trinajstić information content (AvgIpc) is 3.19. The molecule has 1 aromatic rings. The molecule has 0 radical (unpaired) electrons. The Morgan fingerprint density at radius 3 is 2.66 bits per heavy atom. The van der Waals surface area contributed by atoms with Gasteiger partial charge in [0.15, 0.2) is 0 Å². The fraction of sp³-hybridized carbons (Fsp3) is 0.486. The van der Waals surface area contributed by atoms with Crippen molar-refractivity contribution in [3.05, 3.63) is 94.7 Å². The molecule has 0 bridgehead atoms. The molecule has 1 N–H and O–H groups in total. The summed E-state index contributed by atoms with van der Waals surface area (Å²) in [7, 11) is 0. The Hall–Kier alpha value is -2.89. The molecule has 2 rings (SSSR count). The Labute approximate surface area is 253 Å². The lowest BCUT2D eigenvalue weighted by atomic mass is 9.90. The molecule has 1 atom stereocenters. The molecule has 41 heavy (non-hydrogen) atoms. The molecule has 1 aromatic carbocycles. The maximum absolute atomic E-state index is 12.9. The molecule has 1 heterocycles. The summed E-state index contributed by atoms with van der Waals surface area (Å²) < 4.78 is 0. The SMILES string of the molecule is C=C/C=C(\C=C/NC(=O)N1CCC/C(=C/Cc2ccc(Cl)cc2C(C)CCN(CC)CCC)CC1)C(=C)CC(C)=O. The normalized spacial score (nSPS) is 16.2. The van der Waals surface area contributed by atoms with Gasteiger partial charge in [0.1, 0.15) is 5.78 Å². The highest BCUT2D eigenvalue weighted by Gasteiger charge is 2.17. The Bertz CT molecular complexity index is 1130. The zero-order valence-corrected chi connectivity index (χ0v) is 26.4. The largest absolute Gasteiger partial charge is 0.324 e. The van der Waals surface area contributed by atoms with Gasteiger partial charge in [-0.1, -0.05) is 75.4 Å². The Balaban J connectivity index is 1.98. The van der Waals surface area contributed by atoms with Crippen molar-refractivity contribution in [2.75, 3.05) is 32.7 Å². The van der Waals surface area contributed by atoms with Gasteiger partial charge >= 0.3 is 6.03 Å². The molecular formula is C35H50ClN3O2. The molecule has 1 fully saturated rings. The summed E-state index contributed by atoms with van der Waals surface area (Å²) in [5, 5.41) is 3.67. The van der Waals surface area contributed by atoms with E-state index in [1.54, 1.807) is 24.4 Å². The topological polar surface area (TPSA) is 52.7 Å². The van der Waals surface area contributed by atoms with E-state index in [9.17, 15) is 9.59 Å². The Kier molecular flexibility index (Phi) is 15.5. The van der Waals surface area contributed by atoms with Gasteiger partial charge in [-0.3, -0.25) is 4.79 Å². The number of carbonyl (C=O) groups excluding carboxylic acids is 2. The van der Waals surface area contributed by atoms with E-state index >= 15 is 0 Å². The van der Waals surface area contributed by atoms with Gasteiger partial charge < -0.3 is 15.1 Å². The summed E-state index contributed by atoms with van der Waals surface area (Å²) >= 11 is 6.42. The van der Waals surface area contributed by atoms with Crippen molar-refractivity contribution in [3.8, 4) is 0 Å². The second-order valence-corrected chi connectivity index (χ2v) is 11.4. The molecule has 1 unspecified atom stereocenters. The Morgan fingerprint density at radius 2 is 1.98 bits per heavy atom. The fourth-order valence-electron chi connectivity index (χ4n) is 5.28. The number of ketones is 1. The van der Waals surface area contributed by atoms with E-state index in [1.165, 1.54) is 30.0 Å². The van der Waals surface area contributed by atoms with Crippen molar-refractivity contribution in [2.24, 2.45) is 0 Å². The predicted molar refractivity (Wildman–Crippen MR) is 174 cm³/mol. The lowest BCUT2D eigenvalue weighted by molar-refractivity contribution is -0.116. The van der Waals surface area contributed by atoms with Crippen LogP contribution in [0, 0.1) is 0 Å². The van der Waals surface area contributed by atoms with Gasteiger partial charge in [0.25, 0.3) is 0 Å². The highest BCUT2D eigenvalue weighted by atomic mass is 35.5. The average molecular weight is 580 g/mol. The van der Waals surface area contributed by atoms with Gasteiger partial charge in [-0.25, -0.2) is 4.79 Å². The van der Waals surface area contributed by atoms with Crippen molar-refractivity contribution in [1.29, 1.82) is 0 Å². The maximum atomic E-state index is 12.9. The van der Waals surface area contributed by atoms with Crippen molar-refractivity contribution < 1.29 is 9.59 Å². The van der Waals surface area contributed by atoms with E-state index in [-0.39, 0.29) is 18.2 Å². The van der Waals surface area contributed by atoms with Gasteiger partial charge in [-0.2, -0.15) is 0 Å². The third-order valence-electron chi connectivity index (χ3n) is 7.67. The number of carbonyl (C=O) groups is 2. The number of nitrogens with one attached hydrogen (secondary N) is 1. The van der Waals surface area contributed by atoms with Crippen LogP contribution in [0.5, 0.6) is 0 Å². The van der Waals surface area contributed by atoms with E-state index in [1.807, 2.05) is 11.0 Å². The van der Waals surface area contributed by atoms with Crippen LogP contribution in [0.15, 0.2) is 78.6 Å². The van der Waals surface area contributed by atoms with Crippen LogP contribution in [0.25, 0.3) is 0 Å². The number of nitrogens with zero attached hydrogens (tertiary/aromatic N) is 2. The lowest BCUT2D eigenvalue weighted by Gasteiger charge is -2.23. The second kappa shape index (κ2) is 18.5. The van der Waals surface area contributed by atoms with Gasteiger partial charge in [-0.05, 0) is 111 Å². The number of hydrogen-bond donors (Lipinski definition) is 1. The molecule has 5 nitrogen and oxygen atoms in total. The lowest BCUT2D eigenvalue weighted by Crippen LogP contribution is -2.38. The van der Waals surface area contributed by atoms with Crippen LogP contribution in [0.2, 0.25) is 5.02 Å². The molecule has 1 aliphatic rings. The fourth-order valence-corrected chi connectivity index (χ4v) is 5.46. The molecule has 0 saturated carbocycles. The number of hydrogen-bond acceptors (Lipinski definition) is 3. The highest BCUT2D eigenvalue weighted by molar-refractivity contribution is 6.30. The number of allylic oxidation sites excluding steroid dienone is 6. The first-order valence-electron chi connectivity index (χ1n) is 15.1. The zero-order chi connectivity index (χ0) is 30.2. The third-order valence-corrected chi connectivity index (χ3v) is 7.90. The number of urea groups is 1. The van der Waals surface area contributed by atoms with Gasteiger partial charge in [-0.15, -0.1) is 0 Å². The first-order chi connectivity index (χ1) is 19.7. The number of rotatable bonds is 15. The summed E-state index contributed by atoms with van der Waals surface area (Å²) in [5.41, 5.74) is 5.56. The first kappa shape index (κ1) is 34.3. The monoisotopic (exact) mass is 579 g/mol. The predicted octanol–water partition coefficient (Wildman–Crippen LogP) is 8.39. The molecule has 6 heteroatoms. The molecule has 0 aliphatic carbocycles. The number of amides is 2. The minimum absolute atomic E-state index is 0.0448. The van der Waals surface area contributed by atoms with E-state index < -0.39 is 0 Å². The number of benzene rings is 1. The van der Waals surface area contributed by atoms with Gasteiger partial charge in [0.2, 0.25) is 0 Å². The van der Waals surface area contributed by atoms with Crippen molar-refractivity contribution in [3.63, 3.8) is 0 Å². The third kappa shape index (κ3) is 12.2. The maximum Gasteiger partial charge on any atom is 0.321 e. The van der Waals surface area contributed by atoms with Crippen molar-refractivity contribution in [2.45, 2.75) is 78.6 Å². The quantitative estimate of drug-likeness (QED) is 0.168. The minimum atomic E-state index is -0.115. The van der Waals surface area contributed by atoms with Crippen molar-refractivity contribution in [1.82, 2.24) is 15.1 Å². The molecule has 1 saturated heterocycles. The molecule has 0 aromatic heterocycles. The number of likely N-dealkylation sites (tertiary alicyclic amines) is 1. The zero-order valence-electron chi connectivity index (χ0n) is 25.7. The van der Waals surface area contributed by atoms with Crippen LogP contribution < -0.4 is 5.32 Å². The van der Waals surface area contributed by atoms with Crippen molar-refractivity contribution >= 4 is 23.4 Å². The summed E-state index contributed by atoms with van der Waals surface area (Å²) in [6, 6.07) is 6.21. The molecule has 2 amide bonds. The minimum Gasteiger partial charge on any atom is -0.324 e. The summed E-state index contributed by atoms with van der Waals surface area (Å²) in [6.45, 7) is 20.8. The Morgan fingerprint density at radius 1 is 1.20 bits per heavy atom. The van der Waals surface area contributed by atoms with Crippen LogP contribution in [0.4, 0.5) is 4.79 Å². The standard InChI is InChI=1S/C35H50ClN3O2/c1-7-11-31(28(5)25-29(6)40)17-20-37-35(41)39-22-10-12-30(19-24-39)13-14-32-15-16-33(36)26-34(32)27(4)18-23-38(9-3)21-8-2/h7,11,13,15-17,20,26-27H,1,5,8-10,12,14,18-19,21-25H2,2-4,6H3,(H,37,41)/b20-17-,30-13-,31-11+. The summed E-state index contributed by atoms with van der Waals surface area (Å²) in [6.07, 6.45) is 15.4. The van der Waals surface area contributed by atoms with E-state index in [0.29, 0.717) is 18.0 Å². The van der Waals surface area contributed by atoms with Crippen LogP contribution in [0.3, 0.4) is 0 Å². The van der Waals surface area contributed by atoms with Crippen LogP contribution >= 0.6 is 11.6 Å². The second-order valence-electron chi connectivity index (χ2n) is 11.0. The molecule has 0 spiro atoms. The molecule has 224 valence electrons. The first-order valence-corrected chi connectivity index (χ1v) is 15.5. The summed E-state index contributed by atoms with van der Waals surface area (Å²) in [5.74, 6) is 0.485. The molecule has 1 aliphatic heterocycles. The molecular weight excluding hydrogens is 530 g/mol. The van der Waals surface area contributed by atoms with E-state index in [4.69, 9.17) is 11.6 Å². The highest BCUT2D eigenvalue weighted by Crippen LogP contribution is 2.28. The van der Waals surface area contributed by atoms with Crippen LogP contribution in [-0.2, 0) is 11.2 Å². The smallest absolute Gasteiger partial charge is 0.321 e. The van der Waals surface area contributed by atoms with Gasteiger partial charge in [0, 0.05) is 30.7 Å². The van der Waals surface area contributed by atoms with Crippen LogP contribution in [0.1, 0.15) is 83.3 Å². The van der Waals surface area contributed by atoms with Gasteiger partial charge in [0.05, 0.1) is 0 Å². The van der Waals surface area contributed by atoms with Crippen LogP contribution in [-0.4, -0.2) is 54.3 Å².